The molecule has 2 aliphatic heterocycles. The van der Waals surface area contributed by atoms with E-state index >= 15 is 0 Å². The standard InChI is InChI=1S/C27H35FN2O2/c1-21(31)24-8-4-6-23(16-24)18-30(20-26-9-5-15-32-26)17-22-11-13-29(14-12-22)19-25-7-2-3-10-27(25)28/h2-4,6-8,10,16,22,26H,5,9,11-15,17-20H2,1H3/t26-/m1/s1. The summed E-state index contributed by atoms with van der Waals surface area (Å²) in [6.45, 7) is 8.02. The fourth-order valence-electron chi connectivity index (χ4n) is 4.99. The highest BCUT2D eigenvalue weighted by molar-refractivity contribution is 5.94. The molecular weight excluding hydrogens is 403 g/mol. The lowest BCUT2D eigenvalue weighted by molar-refractivity contribution is 0.0569. The predicted molar refractivity (Wildman–Crippen MR) is 125 cm³/mol. The van der Waals surface area contributed by atoms with E-state index in [2.05, 4.69) is 15.9 Å². The van der Waals surface area contributed by atoms with E-state index in [0.29, 0.717) is 18.6 Å². The van der Waals surface area contributed by atoms with Gasteiger partial charge in [0.05, 0.1) is 6.10 Å². The quantitative estimate of drug-likeness (QED) is 0.520. The average molecular weight is 439 g/mol. The number of carbonyl (C=O) groups is 1. The number of carbonyl (C=O) groups excluding carboxylic acids is 1. The number of nitrogens with zero attached hydrogens (tertiary/aromatic N) is 2. The molecule has 2 aromatic rings. The van der Waals surface area contributed by atoms with Gasteiger partial charge in [0.2, 0.25) is 0 Å². The third kappa shape index (κ3) is 6.47. The second-order valence-electron chi connectivity index (χ2n) is 9.40. The SMILES string of the molecule is CC(=O)c1cccc(CN(CC2CCN(Cc3ccccc3F)CC2)C[C@H]2CCCO2)c1. The molecule has 2 heterocycles. The largest absolute Gasteiger partial charge is 0.377 e. The van der Waals surface area contributed by atoms with Gasteiger partial charge < -0.3 is 4.74 Å². The molecular formula is C27H35FN2O2. The van der Waals surface area contributed by atoms with Gasteiger partial charge in [-0.15, -0.1) is 0 Å². The van der Waals surface area contributed by atoms with Crippen molar-refractivity contribution in [3.05, 3.63) is 71.0 Å². The molecule has 0 spiro atoms. The van der Waals surface area contributed by atoms with Gasteiger partial charge in [0.15, 0.2) is 5.78 Å². The minimum atomic E-state index is -0.106. The van der Waals surface area contributed by atoms with Gasteiger partial charge in [-0.05, 0) is 69.3 Å². The van der Waals surface area contributed by atoms with Crippen LogP contribution in [0.3, 0.4) is 0 Å². The minimum Gasteiger partial charge on any atom is -0.377 e. The summed E-state index contributed by atoms with van der Waals surface area (Å²) in [5.41, 5.74) is 2.75. The van der Waals surface area contributed by atoms with Crippen LogP contribution in [0.1, 0.15) is 54.1 Å². The number of Topliss-reactive ketones (excluding diaryl/α,β-unsaturated/α-hetero) is 1. The van der Waals surface area contributed by atoms with Crippen molar-refractivity contribution in [2.45, 2.75) is 51.8 Å². The van der Waals surface area contributed by atoms with Gasteiger partial charge >= 0.3 is 0 Å². The summed E-state index contributed by atoms with van der Waals surface area (Å²) in [6.07, 6.45) is 4.85. The molecule has 0 aliphatic carbocycles. The van der Waals surface area contributed by atoms with Crippen molar-refractivity contribution in [1.82, 2.24) is 9.80 Å². The molecule has 0 bridgehead atoms. The lowest BCUT2D eigenvalue weighted by Crippen LogP contribution is -2.40. The second-order valence-corrected chi connectivity index (χ2v) is 9.40. The van der Waals surface area contributed by atoms with E-state index in [0.717, 1.165) is 76.1 Å². The van der Waals surface area contributed by atoms with Crippen LogP contribution in [-0.2, 0) is 17.8 Å². The Hall–Kier alpha value is -2.08. The summed E-state index contributed by atoms with van der Waals surface area (Å²) in [6, 6.07) is 15.1. The molecule has 0 radical (unpaired) electrons. The Balaban J connectivity index is 1.34. The van der Waals surface area contributed by atoms with Crippen LogP contribution >= 0.6 is 0 Å². The smallest absolute Gasteiger partial charge is 0.159 e. The summed E-state index contributed by atoms with van der Waals surface area (Å²) < 4.78 is 19.9. The maximum absolute atomic E-state index is 14.0. The van der Waals surface area contributed by atoms with Gasteiger partial charge in [-0.2, -0.15) is 0 Å². The Kier molecular flexibility index (Phi) is 8.06. The topological polar surface area (TPSA) is 32.8 Å². The van der Waals surface area contributed by atoms with Crippen molar-refractivity contribution in [1.29, 1.82) is 0 Å². The van der Waals surface area contributed by atoms with Crippen molar-refractivity contribution < 1.29 is 13.9 Å². The fourth-order valence-corrected chi connectivity index (χ4v) is 4.99. The molecule has 4 rings (SSSR count). The van der Waals surface area contributed by atoms with Gasteiger partial charge in [-0.3, -0.25) is 14.6 Å². The van der Waals surface area contributed by atoms with Gasteiger partial charge in [0.1, 0.15) is 5.82 Å². The van der Waals surface area contributed by atoms with Crippen molar-refractivity contribution >= 4 is 5.78 Å². The number of rotatable bonds is 9. The molecule has 1 atom stereocenters. The number of hydrogen-bond acceptors (Lipinski definition) is 4. The van der Waals surface area contributed by atoms with Crippen LogP contribution in [0.4, 0.5) is 4.39 Å². The summed E-state index contributed by atoms with van der Waals surface area (Å²) in [5.74, 6) is 0.633. The van der Waals surface area contributed by atoms with Crippen molar-refractivity contribution in [2.24, 2.45) is 5.92 Å². The van der Waals surface area contributed by atoms with Gasteiger partial charge in [0, 0.05) is 43.9 Å². The normalized spacial score (nSPS) is 20.2. The van der Waals surface area contributed by atoms with Crippen LogP contribution in [0.2, 0.25) is 0 Å². The number of piperidine rings is 1. The molecule has 2 fully saturated rings. The van der Waals surface area contributed by atoms with Crippen LogP contribution in [-0.4, -0.2) is 54.5 Å². The zero-order chi connectivity index (χ0) is 22.3. The Labute approximate surface area is 191 Å². The highest BCUT2D eigenvalue weighted by atomic mass is 19.1. The fraction of sp³-hybridized carbons (Fsp3) is 0.519. The molecule has 32 heavy (non-hydrogen) atoms. The molecule has 2 aliphatic rings. The van der Waals surface area contributed by atoms with E-state index < -0.39 is 0 Å². The van der Waals surface area contributed by atoms with Gasteiger partial charge in [0.25, 0.3) is 0 Å². The first kappa shape index (κ1) is 23.1. The lowest BCUT2D eigenvalue weighted by Gasteiger charge is -2.35. The van der Waals surface area contributed by atoms with E-state index in [1.807, 2.05) is 30.3 Å². The molecule has 0 aromatic heterocycles. The average Bonchev–Trinajstić information content (AvgIpc) is 3.30. The number of ether oxygens (including phenoxy) is 1. The Morgan fingerprint density at radius 3 is 2.62 bits per heavy atom. The van der Waals surface area contributed by atoms with Crippen molar-refractivity contribution in [3.63, 3.8) is 0 Å². The number of benzene rings is 2. The highest BCUT2D eigenvalue weighted by Crippen LogP contribution is 2.23. The van der Waals surface area contributed by atoms with Crippen LogP contribution in [0, 0.1) is 11.7 Å². The van der Waals surface area contributed by atoms with E-state index in [9.17, 15) is 9.18 Å². The van der Waals surface area contributed by atoms with E-state index in [1.165, 1.54) is 5.56 Å². The van der Waals surface area contributed by atoms with Gasteiger partial charge in [-0.25, -0.2) is 4.39 Å². The molecule has 172 valence electrons. The van der Waals surface area contributed by atoms with Crippen molar-refractivity contribution in [2.75, 3.05) is 32.8 Å². The summed E-state index contributed by atoms with van der Waals surface area (Å²) in [5, 5.41) is 0. The third-order valence-electron chi connectivity index (χ3n) is 6.80. The predicted octanol–water partition coefficient (Wildman–Crippen LogP) is 4.92. The molecule has 4 nitrogen and oxygen atoms in total. The lowest BCUT2D eigenvalue weighted by atomic mass is 9.95. The third-order valence-corrected chi connectivity index (χ3v) is 6.80. The first-order chi connectivity index (χ1) is 15.6. The van der Waals surface area contributed by atoms with E-state index in [-0.39, 0.29) is 11.6 Å². The first-order valence-corrected chi connectivity index (χ1v) is 12.0. The molecule has 2 saturated heterocycles. The first-order valence-electron chi connectivity index (χ1n) is 12.0. The summed E-state index contributed by atoms with van der Waals surface area (Å²) in [4.78, 5) is 16.7. The Bertz CT molecular complexity index is 889. The van der Waals surface area contributed by atoms with E-state index in [4.69, 9.17) is 4.74 Å². The monoisotopic (exact) mass is 438 g/mol. The van der Waals surface area contributed by atoms with Crippen LogP contribution in [0.25, 0.3) is 0 Å². The summed E-state index contributed by atoms with van der Waals surface area (Å²) >= 11 is 0. The molecule has 0 saturated carbocycles. The number of hydrogen-bond donors (Lipinski definition) is 0. The molecule has 5 heteroatoms. The molecule has 0 unspecified atom stereocenters. The van der Waals surface area contributed by atoms with E-state index in [1.54, 1.807) is 19.1 Å². The highest BCUT2D eigenvalue weighted by Gasteiger charge is 2.25. The number of halogens is 1. The minimum absolute atomic E-state index is 0.106. The van der Waals surface area contributed by atoms with Crippen LogP contribution in [0.5, 0.6) is 0 Å². The molecule has 2 aromatic carbocycles. The maximum Gasteiger partial charge on any atom is 0.159 e. The zero-order valence-corrected chi connectivity index (χ0v) is 19.1. The summed E-state index contributed by atoms with van der Waals surface area (Å²) in [7, 11) is 0. The number of ketones is 1. The van der Waals surface area contributed by atoms with Crippen molar-refractivity contribution in [3.8, 4) is 0 Å². The zero-order valence-electron chi connectivity index (χ0n) is 19.1. The Morgan fingerprint density at radius 1 is 1.09 bits per heavy atom. The molecule has 0 amide bonds. The maximum atomic E-state index is 14.0. The van der Waals surface area contributed by atoms with Crippen LogP contribution in [0.15, 0.2) is 48.5 Å². The van der Waals surface area contributed by atoms with Gasteiger partial charge in [-0.1, -0.05) is 36.4 Å². The van der Waals surface area contributed by atoms with Crippen LogP contribution < -0.4 is 0 Å². The Morgan fingerprint density at radius 2 is 1.91 bits per heavy atom. The molecule has 0 N–H and O–H groups in total. The number of likely N-dealkylation sites (tertiary alicyclic amines) is 1. The second kappa shape index (κ2) is 11.2.